The van der Waals surface area contributed by atoms with Crippen LogP contribution in [0.4, 0.5) is 0 Å². The van der Waals surface area contributed by atoms with Gasteiger partial charge in [-0.2, -0.15) is 0 Å². The second-order valence-corrected chi connectivity index (χ2v) is 5.14. The van der Waals surface area contributed by atoms with Crippen LogP contribution in [0, 0.1) is 13.8 Å². The summed E-state index contributed by atoms with van der Waals surface area (Å²) in [5.41, 5.74) is 4.55. The predicted octanol–water partition coefficient (Wildman–Crippen LogP) is 3.97. The summed E-state index contributed by atoms with van der Waals surface area (Å²) in [5.74, 6) is 0. The van der Waals surface area contributed by atoms with E-state index in [-0.39, 0.29) is 0 Å². The molecular formula is C16H27N. The number of aryl methyl sites for hydroxylation is 2. The summed E-state index contributed by atoms with van der Waals surface area (Å²) in [6.07, 6.45) is 2.39. The average Bonchev–Trinajstić information content (AvgIpc) is 2.30. The van der Waals surface area contributed by atoms with E-state index in [2.05, 4.69) is 58.1 Å². The van der Waals surface area contributed by atoms with Crippen molar-refractivity contribution in [2.24, 2.45) is 0 Å². The van der Waals surface area contributed by atoms with Crippen LogP contribution < -0.4 is 5.32 Å². The summed E-state index contributed by atoms with van der Waals surface area (Å²) in [4.78, 5) is 0. The highest BCUT2D eigenvalue weighted by atomic mass is 14.9. The fraction of sp³-hybridized carbons (Fsp3) is 0.625. The smallest absolute Gasteiger partial charge is 0.00727 e. The summed E-state index contributed by atoms with van der Waals surface area (Å²) in [7, 11) is 0. The Labute approximate surface area is 107 Å². The van der Waals surface area contributed by atoms with Gasteiger partial charge in [0.2, 0.25) is 0 Å². The molecule has 0 heterocycles. The van der Waals surface area contributed by atoms with Crippen molar-refractivity contribution in [3.8, 4) is 0 Å². The third-order valence-electron chi connectivity index (χ3n) is 3.90. The first-order chi connectivity index (χ1) is 8.07. The van der Waals surface area contributed by atoms with Crippen molar-refractivity contribution >= 4 is 0 Å². The van der Waals surface area contributed by atoms with Gasteiger partial charge in [-0.05, 0) is 38.8 Å². The third kappa shape index (κ3) is 3.32. The van der Waals surface area contributed by atoms with Crippen LogP contribution in [-0.4, -0.2) is 13.1 Å². The molecule has 0 bridgehead atoms. The maximum absolute atomic E-state index is 3.53. The zero-order valence-electron chi connectivity index (χ0n) is 12.1. The molecule has 0 radical (unpaired) electrons. The van der Waals surface area contributed by atoms with Crippen molar-refractivity contribution in [1.82, 2.24) is 5.32 Å². The van der Waals surface area contributed by atoms with Crippen LogP contribution >= 0.6 is 0 Å². The van der Waals surface area contributed by atoms with Crippen molar-refractivity contribution in [3.63, 3.8) is 0 Å². The largest absolute Gasteiger partial charge is 0.316 e. The zero-order chi connectivity index (χ0) is 12.9. The molecule has 0 saturated heterocycles. The Morgan fingerprint density at radius 2 is 1.47 bits per heavy atom. The summed E-state index contributed by atoms with van der Waals surface area (Å²) in [6.45, 7) is 13.3. The Balaban J connectivity index is 3.11. The lowest BCUT2D eigenvalue weighted by Gasteiger charge is -2.33. The fourth-order valence-corrected chi connectivity index (χ4v) is 2.66. The van der Waals surface area contributed by atoms with E-state index >= 15 is 0 Å². The van der Waals surface area contributed by atoms with E-state index in [1.54, 1.807) is 0 Å². The first-order valence-electron chi connectivity index (χ1n) is 6.87. The number of hydrogen-bond acceptors (Lipinski definition) is 1. The van der Waals surface area contributed by atoms with Gasteiger partial charge in [-0.15, -0.1) is 0 Å². The van der Waals surface area contributed by atoms with Gasteiger partial charge in [0.25, 0.3) is 0 Å². The standard InChI is InChI=1S/C16H27N/c1-6-16(7-2,12-17-8-3)15-10-13(4)9-14(5)11-15/h9-11,17H,6-8,12H2,1-5H3. The van der Waals surface area contributed by atoms with Crippen LogP contribution in [-0.2, 0) is 5.41 Å². The molecule has 1 aromatic rings. The second kappa shape index (κ2) is 6.20. The summed E-state index contributed by atoms with van der Waals surface area (Å²) < 4.78 is 0. The fourth-order valence-electron chi connectivity index (χ4n) is 2.66. The minimum Gasteiger partial charge on any atom is -0.316 e. The average molecular weight is 233 g/mol. The van der Waals surface area contributed by atoms with Crippen molar-refractivity contribution in [2.45, 2.75) is 52.9 Å². The number of benzene rings is 1. The highest BCUT2D eigenvalue weighted by Crippen LogP contribution is 2.32. The second-order valence-electron chi connectivity index (χ2n) is 5.14. The van der Waals surface area contributed by atoms with E-state index in [0.717, 1.165) is 13.1 Å². The van der Waals surface area contributed by atoms with Crippen LogP contribution in [0.2, 0.25) is 0 Å². The molecule has 96 valence electrons. The van der Waals surface area contributed by atoms with Gasteiger partial charge in [0.05, 0.1) is 0 Å². The van der Waals surface area contributed by atoms with Gasteiger partial charge in [-0.25, -0.2) is 0 Å². The molecule has 0 unspecified atom stereocenters. The molecule has 1 nitrogen and oxygen atoms in total. The van der Waals surface area contributed by atoms with E-state index in [0.29, 0.717) is 5.41 Å². The van der Waals surface area contributed by atoms with Crippen molar-refractivity contribution in [3.05, 3.63) is 34.9 Å². The van der Waals surface area contributed by atoms with E-state index in [4.69, 9.17) is 0 Å². The van der Waals surface area contributed by atoms with Crippen LogP contribution in [0.5, 0.6) is 0 Å². The van der Waals surface area contributed by atoms with Gasteiger partial charge < -0.3 is 5.32 Å². The normalized spacial score (nSPS) is 11.8. The van der Waals surface area contributed by atoms with E-state index in [1.165, 1.54) is 29.5 Å². The molecule has 0 aromatic heterocycles. The maximum atomic E-state index is 3.53. The lowest BCUT2D eigenvalue weighted by Crippen LogP contribution is -2.37. The zero-order valence-corrected chi connectivity index (χ0v) is 12.1. The molecule has 1 aromatic carbocycles. The molecule has 17 heavy (non-hydrogen) atoms. The molecule has 0 spiro atoms. The minimum absolute atomic E-state index is 0.298. The van der Waals surface area contributed by atoms with Gasteiger partial charge in [0, 0.05) is 12.0 Å². The van der Waals surface area contributed by atoms with E-state index < -0.39 is 0 Å². The van der Waals surface area contributed by atoms with Gasteiger partial charge in [-0.1, -0.05) is 50.1 Å². The Bertz CT molecular complexity index is 330. The lowest BCUT2D eigenvalue weighted by atomic mass is 9.75. The van der Waals surface area contributed by atoms with Crippen LogP contribution in [0.15, 0.2) is 18.2 Å². The predicted molar refractivity (Wildman–Crippen MR) is 76.7 cm³/mol. The van der Waals surface area contributed by atoms with E-state index in [9.17, 15) is 0 Å². The Hall–Kier alpha value is -0.820. The van der Waals surface area contributed by atoms with Crippen LogP contribution in [0.3, 0.4) is 0 Å². The molecule has 0 aliphatic carbocycles. The highest BCUT2D eigenvalue weighted by Gasteiger charge is 2.28. The Morgan fingerprint density at radius 1 is 0.941 bits per heavy atom. The van der Waals surface area contributed by atoms with Crippen LogP contribution in [0.1, 0.15) is 50.3 Å². The topological polar surface area (TPSA) is 12.0 Å². The van der Waals surface area contributed by atoms with Gasteiger partial charge in [0.1, 0.15) is 0 Å². The van der Waals surface area contributed by atoms with Crippen LogP contribution in [0.25, 0.3) is 0 Å². The molecule has 0 atom stereocenters. The minimum atomic E-state index is 0.298. The molecule has 1 heteroatoms. The van der Waals surface area contributed by atoms with E-state index in [1.807, 2.05) is 0 Å². The van der Waals surface area contributed by atoms with Crippen molar-refractivity contribution in [1.29, 1.82) is 0 Å². The lowest BCUT2D eigenvalue weighted by molar-refractivity contribution is 0.372. The molecule has 0 fully saturated rings. The third-order valence-corrected chi connectivity index (χ3v) is 3.90. The number of hydrogen-bond donors (Lipinski definition) is 1. The number of rotatable bonds is 6. The number of likely N-dealkylation sites (N-methyl/N-ethyl adjacent to an activating group) is 1. The monoisotopic (exact) mass is 233 g/mol. The Kier molecular flexibility index (Phi) is 5.20. The molecule has 1 N–H and O–H groups in total. The Morgan fingerprint density at radius 3 is 1.88 bits per heavy atom. The molecule has 0 aliphatic heterocycles. The summed E-state index contributed by atoms with van der Waals surface area (Å²) >= 11 is 0. The number of nitrogens with one attached hydrogen (secondary N) is 1. The SMILES string of the molecule is CCNCC(CC)(CC)c1cc(C)cc(C)c1. The van der Waals surface area contributed by atoms with Gasteiger partial charge >= 0.3 is 0 Å². The maximum Gasteiger partial charge on any atom is 0.00727 e. The first-order valence-corrected chi connectivity index (χ1v) is 6.87. The quantitative estimate of drug-likeness (QED) is 0.784. The van der Waals surface area contributed by atoms with Gasteiger partial charge in [-0.3, -0.25) is 0 Å². The highest BCUT2D eigenvalue weighted by molar-refractivity contribution is 5.34. The molecule has 0 saturated carbocycles. The summed E-state index contributed by atoms with van der Waals surface area (Å²) in [6, 6.07) is 6.97. The first kappa shape index (κ1) is 14.2. The van der Waals surface area contributed by atoms with Gasteiger partial charge in [0.15, 0.2) is 0 Å². The van der Waals surface area contributed by atoms with Crippen molar-refractivity contribution in [2.75, 3.05) is 13.1 Å². The van der Waals surface area contributed by atoms with Crippen molar-refractivity contribution < 1.29 is 0 Å². The summed E-state index contributed by atoms with van der Waals surface area (Å²) in [5, 5.41) is 3.53. The molecular weight excluding hydrogens is 206 g/mol. The molecule has 0 amide bonds. The molecule has 1 rings (SSSR count). The molecule has 0 aliphatic rings.